The quantitative estimate of drug-likeness (QED) is 0.581. The molecule has 0 bridgehead atoms. The van der Waals surface area contributed by atoms with Crippen molar-refractivity contribution < 1.29 is 9.59 Å². The van der Waals surface area contributed by atoms with Crippen LogP contribution in [-0.4, -0.2) is 37.8 Å². The maximum Gasteiger partial charge on any atom is 0.328 e. The third kappa shape index (κ3) is 4.18. The molecule has 3 aromatic rings. The number of nitrogens with zero attached hydrogens (tertiary/aromatic N) is 3. The number of benzene rings is 1. The molecule has 0 saturated heterocycles. The van der Waals surface area contributed by atoms with Crippen LogP contribution in [0.2, 0.25) is 0 Å². The van der Waals surface area contributed by atoms with Crippen LogP contribution < -0.4 is 16.6 Å². The van der Waals surface area contributed by atoms with Gasteiger partial charge in [0.25, 0.3) is 11.5 Å². The number of anilines is 1. The van der Waals surface area contributed by atoms with Crippen molar-refractivity contribution in [2.45, 2.75) is 58.5 Å². The molecule has 34 heavy (non-hydrogen) atoms. The minimum atomic E-state index is -0.485. The van der Waals surface area contributed by atoms with E-state index < -0.39 is 5.69 Å². The van der Waals surface area contributed by atoms with E-state index in [1.165, 1.54) is 22.0 Å². The predicted molar refractivity (Wildman–Crippen MR) is 130 cm³/mol. The molecule has 0 atom stereocenters. The van der Waals surface area contributed by atoms with Crippen molar-refractivity contribution in [2.75, 3.05) is 11.9 Å². The van der Waals surface area contributed by atoms with Crippen molar-refractivity contribution in [3.8, 4) is 0 Å². The van der Waals surface area contributed by atoms with Gasteiger partial charge in [-0.1, -0.05) is 31.1 Å². The molecule has 2 N–H and O–H groups in total. The van der Waals surface area contributed by atoms with Gasteiger partial charge < -0.3 is 9.88 Å². The number of hydrogen-bond donors (Lipinski definition) is 2. The van der Waals surface area contributed by atoms with Crippen LogP contribution in [0.1, 0.15) is 60.0 Å². The zero-order valence-corrected chi connectivity index (χ0v) is 19.9. The highest BCUT2D eigenvalue weighted by Crippen LogP contribution is 2.32. The number of amides is 2. The molecular weight excluding hydrogens is 454 g/mol. The Hall–Kier alpha value is -3.27. The lowest BCUT2D eigenvalue weighted by Gasteiger charge is -2.28. The number of carbonyl (C=O) groups is 2. The van der Waals surface area contributed by atoms with Crippen molar-refractivity contribution in [3.05, 3.63) is 55.2 Å². The van der Waals surface area contributed by atoms with Gasteiger partial charge in [-0.05, 0) is 37.5 Å². The number of hydrogen-bond acceptors (Lipinski definition) is 6. The first kappa shape index (κ1) is 22.5. The zero-order valence-electron chi connectivity index (χ0n) is 19.1. The first-order chi connectivity index (χ1) is 16.4. The topological polar surface area (TPSA) is 117 Å². The molecule has 1 saturated carbocycles. The second-order valence-electron chi connectivity index (χ2n) is 8.98. The van der Waals surface area contributed by atoms with Gasteiger partial charge in [0.1, 0.15) is 0 Å². The van der Waals surface area contributed by atoms with Gasteiger partial charge in [-0.15, -0.1) is 0 Å². The van der Waals surface area contributed by atoms with E-state index in [0.29, 0.717) is 54.1 Å². The average molecular weight is 482 g/mol. The fourth-order valence-electron chi connectivity index (χ4n) is 4.86. The Morgan fingerprint density at radius 2 is 2.03 bits per heavy atom. The second kappa shape index (κ2) is 9.17. The maximum absolute atomic E-state index is 12.9. The summed E-state index contributed by atoms with van der Waals surface area (Å²) in [7, 11) is 0. The first-order valence-electron chi connectivity index (χ1n) is 11.8. The predicted octanol–water partition coefficient (Wildman–Crippen LogP) is 2.88. The molecule has 2 aromatic heterocycles. The van der Waals surface area contributed by atoms with Gasteiger partial charge >= 0.3 is 5.69 Å². The normalized spacial score (nSPS) is 16.1. The van der Waals surface area contributed by atoms with Crippen molar-refractivity contribution in [1.82, 2.24) is 19.4 Å². The molecule has 1 aliphatic carbocycles. The van der Waals surface area contributed by atoms with Crippen molar-refractivity contribution in [1.29, 1.82) is 0 Å². The molecule has 1 fully saturated rings. The summed E-state index contributed by atoms with van der Waals surface area (Å²) < 4.78 is 1.17. The SMILES string of the molecule is CCCn1c(=O)[nH]c2cc(C(=O)Nc3nc4c(s3)CN(C(=O)C3CCCC3)CC4)ccc2c1=O. The number of fused-ring (bicyclic) bond motifs is 2. The van der Waals surface area contributed by atoms with Crippen molar-refractivity contribution in [3.63, 3.8) is 0 Å². The highest BCUT2D eigenvalue weighted by Gasteiger charge is 2.30. The van der Waals surface area contributed by atoms with E-state index in [2.05, 4.69) is 15.3 Å². The van der Waals surface area contributed by atoms with Gasteiger partial charge in [-0.25, -0.2) is 9.78 Å². The molecule has 0 spiro atoms. The molecule has 0 radical (unpaired) electrons. The molecule has 5 rings (SSSR count). The smallest absolute Gasteiger partial charge is 0.328 e. The molecule has 178 valence electrons. The average Bonchev–Trinajstić information content (AvgIpc) is 3.50. The summed E-state index contributed by atoms with van der Waals surface area (Å²) in [5, 5.41) is 3.68. The van der Waals surface area contributed by atoms with Gasteiger partial charge in [-0.3, -0.25) is 24.3 Å². The number of aromatic nitrogens is 3. The molecule has 10 heteroatoms. The van der Waals surface area contributed by atoms with Crippen LogP contribution in [0.3, 0.4) is 0 Å². The molecule has 3 heterocycles. The van der Waals surface area contributed by atoms with E-state index in [4.69, 9.17) is 0 Å². The van der Waals surface area contributed by atoms with Crippen LogP contribution in [-0.2, 0) is 24.3 Å². The second-order valence-corrected chi connectivity index (χ2v) is 10.1. The number of thiazole rings is 1. The van der Waals surface area contributed by atoms with Crippen molar-refractivity contribution in [2.24, 2.45) is 5.92 Å². The third-order valence-electron chi connectivity index (χ3n) is 6.66. The minimum absolute atomic E-state index is 0.152. The highest BCUT2D eigenvalue weighted by molar-refractivity contribution is 7.15. The number of nitrogens with one attached hydrogen (secondary N) is 2. The van der Waals surface area contributed by atoms with Gasteiger partial charge in [0.05, 0.1) is 23.1 Å². The van der Waals surface area contributed by atoms with Gasteiger partial charge in [0.2, 0.25) is 5.91 Å². The van der Waals surface area contributed by atoms with E-state index in [0.717, 1.165) is 36.3 Å². The number of H-pyrrole nitrogens is 1. The Balaban J connectivity index is 1.32. The van der Waals surface area contributed by atoms with E-state index in [-0.39, 0.29) is 23.3 Å². The van der Waals surface area contributed by atoms with Crippen LogP contribution in [0.4, 0.5) is 5.13 Å². The lowest BCUT2D eigenvalue weighted by molar-refractivity contribution is -0.136. The van der Waals surface area contributed by atoms with Crippen LogP contribution >= 0.6 is 11.3 Å². The summed E-state index contributed by atoms with van der Waals surface area (Å²) in [5.74, 6) is 0.0230. The molecule has 1 aromatic carbocycles. The third-order valence-corrected chi connectivity index (χ3v) is 7.66. The number of carbonyl (C=O) groups excluding carboxylic acids is 2. The lowest BCUT2D eigenvalue weighted by Crippen LogP contribution is -2.38. The standard InChI is InChI=1S/C24H27N5O4S/c1-2-10-29-22(32)16-8-7-15(12-18(16)26-24(29)33)20(30)27-23-25-17-9-11-28(13-19(17)34-23)21(31)14-5-3-4-6-14/h7-8,12,14H,2-6,9-11,13H2,1H3,(H,26,33)(H,25,27,30). The summed E-state index contributed by atoms with van der Waals surface area (Å²) in [6.45, 7) is 3.43. The fourth-order valence-corrected chi connectivity index (χ4v) is 5.88. The van der Waals surface area contributed by atoms with Gasteiger partial charge in [-0.2, -0.15) is 0 Å². The molecule has 2 amide bonds. The Morgan fingerprint density at radius 1 is 1.24 bits per heavy atom. The lowest BCUT2D eigenvalue weighted by atomic mass is 10.0. The van der Waals surface area contributed by atoms with E-state index >= 15 is 0 Å². The fraction of sp³-hybridized carbons (Fsp3) is 0.458. The van der Waals surface area contributed by atoms with Crippen LogP contribution in [0.25, 0.3) is 10.9 Å². The van der Waals surface area contributed by atoms with Crippen molar-refractivity contribution >= 4 is 39.2 Å². The summed E-state index contributed by atoms with van der Waals surface area (Å²) in [4.78, 5) is 60.7. The summed E-state index contributed by atoms with van der Waals surface area (Å²) >= 11 is 1.39. The summed E-state index contributed by atoms with van der Waals surface area (Å²) in [5.41, 5.74) is 0.727. The summed E-state index contributed by atoms with van der Waals surface area (Å²) in [6.07, 6.45) is 5.57. The Bertz CT molecular complexity index is 1380. The Kier molecular flexibility index (Phi) is 6.07. The van der Waals surface area contributed by atoms with E-state index in [9.17, 15) is 19.2 Å². The number of aromatic amines is 1. The Morgan fingerprint density at radius 3 is 2.79 bits per heavy atom. The monoisotopic (exact) mass is 481 g/mol. The molecule has 9 nitrogen and oxygen atoms in total. The van der Waals surface area contributed by atoms with E-state index in [1.54, 1.807) is 12.1 Å². The molecular formula is C24H27N5O4S. The van der Waals surface area contributed by atoms with E-state index in [1.807, 2.05) is 11.8 Å². The van der Waals surface area contributed by atoms with Gasteiger partial charge in [0.15, 0.2) is 5.13 Å². The minimum Gasteiger partial charge on any atom is -0.337 e. The zero-order chi connectivity index (χ0) is 23.8. The van der Waals surface area contributed by atoms with Gasteiger partial charge in [0, 0.05) is 35.9 Å². The largest absolute Gasteiger partial charge is 0.337 e. The maximum atomic E-state index is 12.9. The van der Waals surface area contributed by atoms with Crippen LogP contribution in [0, 0.1) is 5.92 Å². The number of rotatable bonds is 5. The van der Waals surface area contributed by atoms with Crippen LogP contribution in [0.15, 0.2) is 27.8 Å². The highest BCUT2D eigenvalue weighted by atomic mass is 32.1. The molecule has 2 aliphatic rings. The Labute approximate surface area is 199 Å². The molecule has 1 aliphatic heterocycles. The molecule has 0 unspecified atom stereocenters. The first-order valence-corrected chi connectivity index (χ1v) is 12.6. The van der Waals surface area contributed by atoms with Crippen LogP contribution in [0.5, 0.6) is 0 Å². The summed E-state index contributed by atoms with van der Waals surface area (Å²) in [6, 6.07) is 4.65.